The first-order valence-corrected chi connectivity index (χ1v) is 12.3. The quantitative estimate of drug-likeness (QED) is 0.243. The number of aromatic nitrogens is 2. The van der Waals surface area contributed by atoms with Gasteiger partial charge in [-0.1, -0.05) is 69.5 Å². The van der Waals surface area contributed by atoms with Crippen molar-refractivity contribution in [2.45, 2.75) is 0 Å². The van der Waals surface area contributed by atoms with Crippen LogP contribution in [0.2, 0.25) is 10.0 Å². The number of hydrogen-bond donors (Lipinski definition) is 1. The van der Waals surface area contributed by atoms with Gasteiger partial charge in [-0.05, 0) is 42.5 Å². The van der Waals surface area contributed by atoms with E-state index in [-0.39, 0.29) is 5.91 Å². The van der Waals surface area contributed by atoms with Crippen LogP contribution in [0.4, 0.5) is 5.13 Å². The second-order valence-electron chi connectivity index (χ2n) is 7.20. The molecule has 3 aromatic carbocycles. The van der Waals surface area contributed by atoms with Crippen LogP contribution in [0.3, 0.4) is 0 Å². The van der Waals surface area contributed by atoms with E-state index in [1.165, 1.54) is 11.3 Å². The van der Waals surface area contributed by atoms with Crippen LogP contribution >= 0.6 is 50.5 Å². The van der Waals surface area contributed by atoms with E-state index < -0.39 is 0 Å². The molecule has 0 fully saturated rings. The maximum Gasteiger partial charge on any atom is 0.258 e. The van der Waals surface area contributed by atoms with Crippen LogP contribution in [0.15, 0.2) is 82.6 Å². The van der Waals surface area contributed by atoms with E-state index in [0.717, 1.165) is 32.2 Å². The third-order valence-corrected chi connectivity index (χ3v) is 6.87. The molecule has 1 amide bonds. The molecule has 0 unspecified atom stereocenters. The predicted octanol–water partition coefficient (Wildman–Crippen LogP) is 8.35. The zero-order valence-corrected chi connectivity index (χ0v) is 20.8. The van der Waals surface area contributed by atoms with Crippen LogP contribution in [0, 0.1) is 0 Å². The molecular weight excluding hydrogens is 541 g/mol. The van der Waals surface area contributed by atoms with Gasteiger partial charge in [0.1, 0.15) is 0 Å². The lowest BCUT2D eigenvalue weighted by molar-refractivity contribution is 0.102. The van der Waals surface area contributed by atoms with E-state index in [1.54, 1.807) is 12.1 Å². The van der Waals surface area contributed by atoms with Gasteiger partial charge in [-0.25, -0.2) is 9.97 Å². The average molecular weight is 555 g/mol. The Hall–Kier alpha value is -2.77. The van der Waals surface area contributed by atoms with Crippen LogP contribution in [-0.2, 0) is 0 Å². The van der Waals surface area contributed by atoms with Crippen molar-refractivity contribution in [2.75, 3.05) is 5.32 Å². The maximum atomic E-state index is 13.3. The van der Waals surface area contributed by atoms with Crippen LogP contribution in [0.25, 0.3) is 33.4 Å². The Morgan fingerprint density at radius 3 is 2.48 bits per heavy atom. The summed E-state index contributed by atoms with van der Waals surface area (Å²) in [5, 5.41) is 7.08. The highest BCUT2D eigenvalue weighted by molar-refractivity contribution is 9.10. The Labute approximate surface area is 212 Å². The zero-order chi connectivity index (χ0) is 22.9. The van der Waals surface area contributed by atoms with Crippen molar-refractivity contribution in [1.82, 2.24) is 9.97 Å². The minimum Gasteiger partial charge on any atom is -0.298 e. The Bertz CT molecular complexity index is 1500. The Morgan fingerprint density at radius 2 is 1.70 bits per heavy atom. The van der Waals surface area contributed by atoms with E-state index in [1.807, 2.05) is 66.0 Å². The standard InChI is InChI=1S/C25H14BrCl2N3OS/c26-15-7-5-14(6-8-15)22-12-19(17-3-1-2-4-21(17)29-22)24(32)31-25-30-23(13-33-25)18-10-9-16(27)11-20(18)28/h1-13H,(H,30,31,32). The number of benzene rings is 3. The number of hydrogen-bond acceptors (Lipinski definition) is 4. The molecule has 0 bridgehead atoms. The molecule has 2 heterocycles. The van der Waals surface area contributed by atoms with Crippen molar-refractivity contribution in [2.24, 2.45) is 0 Å². The summed E-state index contributed by atoms with van der Waals surface area (Å²) in [7, 11) is 0. The summed E-state index contributed by atoms with van der Waals surface area (Å²) in [6.07, 6.45) is 0. The number of rotatable bonds is 4. The number of nitrogens with one attached hydrogen (secondary N) is 1. The van der Waals surface area contributed by atoms with Crippen LogP contribution in [0.5, 0.6) is 0 Å². The Balaban J connectivity index is 1.50. The first kappa shape index (κ1) is 22.0. The highest BCUT2D eigenvalue weighted by Gasteiger charge is 2.16. The van der Waals surface area contributed by atoms with E-state index in [9.17, 15) is 4.79 Å². The third kappa shape index (κ3) is 4.66. The molecule has 0 atom stereocenters. The van der Waals surface area contributed by atoms with Crippen molar-refractivity contribution in [3.05, 3.63) is 98.3 Å². The molecule has 0 spiro atoms. The first-order chi connectivity index (χ1) is 16.0. The Morgan fingerprint density at radius 1 is 0.909 bits per heavy atom. The zero-order valence-electron chi connectivity index (χ0n) is 16.9. The summed E-state index contributed by atoms with van der Waals surface area (Å²) < 4.78 is 0.977. The molecule has 162 valence electrons. The van der Waals surface area contributed by atoms with Crippen molar-refractivity contribution < 1.29 is 4.79 Å². The number of thiazole rings is 1. The summed E-state index contributed by atoms with van der Waals surface area (Å²) >= 11 is 17.1. The Kier molecular flexibility index (Phi) is 6.17. The molecule has 8 heteroatoms. The molecule has 0 saturated carbocycles. The van der Waals surface area contributed by atoms with Gasteiger partial charge in [-0.15, -0.1) is 11.3 Å². The van der Waals surface area contributed by atoms with E-state index >= 15 is 0 Å². The van der Waals surface area contributed by atoms with E-state index in [0.29, 0.717) is 26.4 Å². The largest absolute Gasteiger partial charge is 0.298 e. The highest BCUT2D eigenvalue weighted by atomic mass is 79.9. The number of amides is 1. The van der Waals surface area contributed by atoms with Gasteiger partial charge >= 0.3 is 0 Å². The number of carbonyl (C=O) groups excluding carboxylic acids is 1. The molecule has 4 nitrogen and oxygen atoms in total. The van der Waals surface area contributed by atoms with Gasteiger partial charge in [0.05, 0.1) is 27.5 Å². The van der Waals surface area contributed by atoms with Gasteiger partial charge < -0.3 is 0 Å². The molecule has 0 aliphatic rings. The van der Waals surface area contributed by atoms with Crippen molar-refractivity contribution in [3.8, 4) is 22.5 Å². The second kappa shape index (κ2) is 9.23. The van der Waals surface area contributed by atoms with E-state index in [2.05, 4.69) is 26.2 Å². The number of pyridine rings is 1. The van der Waals surface area contributed by atoms with Crippen LogP contribution < -0.4 is 5.32 Å². The topological polar surface area (TPSA) is 54.9 Å². The number of anilines is 1. The predicted molar refractivity (Wildman–Crippen MR) is 140 cm³/mol. The first-order valence-electron chi connectivity index (χ1n) is 9.86. The van der Waals surface area contributed by atoms with Crippen molar-refractivity contribution >= 4 is 72.4 Å². The summed E-state index contributed by atoms with van der Waals surface area (Å²) in [5.41, 5.74) is 4.35. The summed E-state index contributed by atoms with van der Waals surface area (Å²) in [4.78, 5) is 22.6. The molecule has 0 aliphatic carbocycles. The average Bonchev–Trinajstić information content (AvgIpc) is 3.26. The van der Waals surface area contributed by atoms with Gasteiger partial charge in [-0.2, -0.15) is 0 Å². The summed E-state index contributed by atoms with van der Waals surface area (Å²) in [6, 6.07) is 22.5. The number of halogens is 3. The molecule has 0 saturated heterocycles. The molecule has 33 heavy (non-hydrogen) atoms. The number of para-hydroxylation sites is 1. The van der Waals surface area contributed by atoms with E-state index in [4.69, 9.17) is 28.2 Å². The lowest BCUT2D eigenvalue weighted by Crippen LogP contribution is -2.13. The van der Waals surface area contributed by atoms with Crippen molar-refractivity contribution in [3.63, 3.8) is 0 Å². The van der Waals surface area contributed by atoms with Gasteiger partial charge in [0.25, 0.3) is 5.91 Å². The minimum absolute atomic E-state index is 0.255. The highest BCUT2D eigenvalue weighted by Crippen LogP contribution is 2.33. The molecule has 1 N–H and O–H groups in total. The lowest BCUT2D eigenvalue weighted by Gasteiger charge is -2.10. The molecular formula is C25H14BrCl2N3OS. The number of carbonyl (C=O) groups is 1. The number of nitrogens with zero attached hydrogens (tertiary/aromatic N) is 2. The fourth-order valence-corrected chi connectivity index (χ4v) is 4.92. The SMILES string of the molecule is O=C(Nc1nc(-c2ccc(Cl)cc2Cl)cs1)c1cc(-c2ccc(Br)cc2)nc2ccccc12. The fourth-order valence-electron chi connectivity index (χ4n) is 3.45. The maximum absolute atomic E-state index is 13.3. The second-order valence-corrected chi connectivity index (χ2v) is 9.81. The van der Waals surface area contributed by atoms with Gasteiger partial charge in [0, 0.05) is 31.4 Å². The van der Waals surface area contributed by atoms with Crippen LogP contribution in [0.1, 0.15) is 10.4 Å². The van der Waals surface area contributed by atoms with Crippen molar-refractivity contribution in [1.29, 1.82) is 0 Å². The minimum atomic E-state index is -0.255. The molecule has 0 radical (unpaired) electrons. The summed E-state index contributed by atoms with van der Waals surface area (Å²) in [5.74, 6) is -0.255. The lowest BCUT2D eigenvalue weighted by atomic mass is 10.0. The monoisotopic (exact) mass is 553 g/mol. The fraction of sp³-hybridized carbons (Fsp3) is 0. The molecule has 5 aromatic rings. The van der Waals surface area contributed by atoms with Crippen LogP contribution in [-0.4, -0.2) is 15.9 Å². The van der Waals surface area contributed by atoms with Gasteiger partial charge in [0.15, 0.2) is 5.13 Å². The van der Waals surface area contributed by atoms with Gasteiger partial charge in [-0.3, -0.25) is 10.1 Å². The third-order valence-electron chi connectivity index (χ3n) is 5.03. The number of fused-ring (bicyclic) bond motifs is 1. The van der Waals surface area contributed by atoms with Gasteiger partial charge in [0.2, 0.25) is 0 Å². The molecule has 2 aromatic heterocycles. The normalized spacial score (nSPS) is 11.0. The smallest absolute Gasteiger partial charge is 0.258 e. The summed E-state index contributed by atoms with van der Waals surface area (Å²) in [6.45, 7) is 0. The molecule has 0 aliphatic heterocycles. The molecule has 5 rings (SSSR count).